The first-order valence-corrected chi connectivity index (χ1v) is 8.22. The second kappa shape index (κ2) is 7.53. The van der Waals surface area contributed by atoms with E-state index in [1.807, 2.05) is 0 Å². The molecule has 0 radical (unpaired) electrons. The maximum atomic E-state index is 3.77. The van der Waals surface area contributed by atoms with Gasteiger partial charge in [-0.15, -0.1) is 0 Å². The van der Waals surface area contributed by atoms with Gasteiger partial charge in [-0.25, -0.2) is 0 Å². The highest BCUT2D eigenvalue weighted by atomic mass is 15.0. The molecule has 0 saturated heterocycles. The Balaban J connectivity index is 2.41. The van der Waals surface area contributed by atoms with Gasteiger partial charge in [0, 0.05) is 12.1 Å². The molecule has 1 heteroatoms. The molecule has 1 nitrogen and oxygen atoms in total. The van der Waals surface area contributed by atoms with Gasteiger partial charge >= 0.3 is 0 Å². The van der Waals surface area contributed by atoms with Crippen LogP contribution in [0.1, 0.15) is 91.9 Å². The van der Waals surface area contributed by atoms with Crippen molar-refractivity contribution in [3.8, 4) is 0 Å². The van der Waals surface area contributed by atoms with Crippen LogP contribution in [0.4, 0.5) is 0 Å². The van der Waals surface area contributed by atoms with Crippen LogP contribution < -0.4 is 5.32 Å². The van der Waals surface area contributed by atoms with Gasteiger partial charge < -0.3 is 5.32 Å². The summed E-state index contributed by atoms with van der Waals surface area (Å²) in [7, 11) is 0. The molecule has 1 fully saturated rings. The average molecular weight is 253 g/mol. The Morgan fingerprint density at radius 1 is 0.944 bits per heavy atom. The monoisotopic (exact) mass is 253 g/mol. The van der Waals surface area contributed by atoms with Crippen molar-refractivity contribution in [2.45, 2.75) is 97.4 Å². The van der Waals surface area contributed by atoms with Gasteiger partial charge in [0.2, 0.25) is 0 Å². The minimum absolute atomic E-state index is 0.272. The molecule has 108 valence electrons. The zero-order valence-electron chi connectivity index (χ0n) is 13.3. The van der Waals surface area contributed by atoms with Crippen LogP contribution in [-0.4, -0.2) is 12.1 Å². The molecule has 1 aliphatic carbocycles. The Morgan fingerprint density at radius 2 is 1.61 bits per heavy atom. The Morgan fingerprint density at radius 3 is 2.17 bits per heavy atom. The van der Waals surface area contributed by atoms with E-state index >= 15 is 0 Å². The summed E-state index contributed by atoms with van der Waals surface area (Å²) in [6.07, 6.45) is 14.4. The topological polar surface area (TPSA) is 12.0 Å². The zero-order valence-corrected chi connectivity index (χ0v) is 13.3. The normalized spacial score (nSPS) is 20.0. The first kappa shape index (κ1) is 16.0. The van der Waals surface area contributed by atoms with Gasteiger partial charge in [-0.05, 0) is 45.4 Å². The van der Waals surface area contributed by atoms with Crippen LogP contribution in [0.5, 0.6) is 0 Å². The number of unbranched alkanes of at least 4 members (excludes halogenated alkanes) is 3. The summed E-state index contributed by atoms with van der Waals surface area (Å²) in [4.78, 5) is 0. The van der Waals surface area contributed by atoms with Gasteiger partial charge in [-0.2, -0.15) is 0 Å². The molecule has 0 aromatic carbocycles. The lowest BCUT2D eigenvalue weighted by molar-refractivity contribution is 0.148. The number of hydrogen-bond donors (Lipinski definition) is 1. The summed E-state index contributed by atoms with van der Waals surface area (Å²) in [6.45, 7) is 10.4. The maximum absolute atomic E-state index is 3.77. The van der Waals surface area contributed by atoms with E-state index in [0.29, 0.717) is 5.41 Å². The molecule has 0 aromatic rings. The minimum Gasteiger partial charge on any atom is -0.312 e. The van der Waals surface area contributed by atoms with Crippen molar-refractivity contribution in [1.29, 1.82) is 0 Å². The third kappa shape index (κ3) is 6.22. The Hall–Kier alpha value is -0.0400. The largest absolute Gasteiger partial charge is 0.312 e. The molecule has 1 rings (SSSR count). The Bertz CT molecular complexity index is 208. The van der Waals surface area contributed by atoms with Gasteiger partial charge in [0.1, 0.15) is 0 Å². The van der Waals surface area contributed by atoms with E-state index in [0.717, 1.165) is 0 Å². The fourth-order valence-electron chi connectivity index (χ4n) is 3.20. The van der Waals surface area contributed by atoms with Gasteiger partial charge in [-0.1, -0.05) is 51.9 Å². The first-order chi connectivity index (χ1) is 8.47. The van der Waals surface area contributed by atoms with E-state index in [1.54, 1.807) is 0 Å². The Labute approximate surface area is 115 Å². The third-order valence-electron chi connectivity index (χ3n) is 4.47. The van der Waals surface area contributed by atoms with Crippen molar-refractivity contribution in [2.24, 2.45) is 5.41 Å². The van der Waals surface area contributed by atoms with E-state index in [4.69, 9.17) is 0 Å². The number of nitrogens with one attached hydrogen (secondary N) is 1. The van der Waals surface area contributed by atoms with Crippen LogP contribution in [-0.2, 0) is 0 Å². The molecular weight excluding hydrogens is 218 g/mol. The quantitative estimate of drug-likeness (QED) is 0.607. The summed E-state index contributed by atoms with van der Waals surface area (Å²) in [5, 5.41) is 3.77. The van der Waals surface area contributed by atoms with E-state index in [-0.39, 0.29) is 5.54 Å². The van der Waals surface area contributed by atoms with E-state index in [1.165, 1.54) is 70.8 Å². The van der Waals surface area contributed by atoms with E-state index in [9.17, 15) is 0 Å². The molecule has 0 amide bonds. The summed E-state index contributed by atoms with van der Waals surface area (Å²) >= 11 is 0. The molecule has 0 atom stereocenters. The SMILES string of the molecule is CCCCCCC1(CNC(C)(C)C)CCCCC1. The van der Waals surface area contributed by atoms with Crippen LogP contribution >= 0.6 is 0 Å². The molecule has 1 aliphatic rings. The zero-order chi connectivity index (χ0) is 13.5. The van der Waals surface area contributed by atoms with Crippen LogP contribution in [0.25, 0.3) is 0 Å². The summed E-state index contributed by atoms with van der Waals surface area (Å²) in [5.74, 6) is 0. The van der Waals surface area contributed by atoms with E-state index in [2.05, 4.69) is 33.0 Å². The van der Waals surface area contributed by atoms with Crippen LogP contribution in [0.3, 0.4) is 0 Å². The summed E-state index contributed by atoms with van der Waals surface area (Å²) in [5.41, 5.74) is 0.896. The van der Waals surface area contributed by atoms with Crippen molar-refractivity contribution in [2.75, 3.05) is 6.54 Å². The standard InChI is InChI=1S/C17H35N/c1-5-6-7-9-12-17(13-10-8-11-14-17)15-18-16(2,3)4/h18H,5-15H2,1-4H3. The highest BCUT2D eigenvalue weighted by Gasteiger charge is 2.32. The van der Waals surface area contributed by atoms with Crippen LogP contribution in [0.15, 0.2) is 0 Å². The third-order valence-corrected chi connectivity index (χ3v) is 4.47. The lowest BCUT2D eigenvalue weighted by Crippen LogP contribution is -2.44. The molecule has 0 spiro atoms. The lowest BCUT2D eigenvalue weighted by atomic mass is 9.70. The summed E-state index contributed by atoms with van der Waals surface area (Å²) < 4.78 is 0. The smallest absolute Gasteiger partial charge is 0.00967 e. The minimum atomic E-state index is 0.272. The molecule has 0 bridgehead atoms. The summed E-state index contributed by atoms with van der Waals surface area (Å²) in [6, 6.07) is 0. The second-order valence-corrected chi connectivity index (χ2v) is 7.47. The van der Waals surface area contributed by atoms with Crippen LogP contribution in [0.2, 0.25) is 0 Å². The van der Waals surface area contributed by atoms with Crippen molar-refractivity contribution >= 4 is 0 Å². The van der Waals surface area contributed by atoms with Gasteiger partial charge in [-0.3, -0.25) is 0 Å². The molecule has 1 saturated carbocycles. The van der Waals surface area contributed by atoms with Crippen molar-refractivity contribution in [3.63, 3.8) is 0 Å². The first-order valence-electron chi connectivity index (χ1n) is 8.22. The molecule has 0 aliphatic heterocycles. The van der Waals surface area contributed by atoms with Crippen molar-refractivity contribution < 1.29 is 0 Å². The average Bonchev–Trinajstić information content (AvgIpc) is 2.33. The molecule has 0 aromatic heterocycles. The van der Waals surface area contributed by atoms with Crippen LogP contribution in [0, 0.1) is 5.41 Å². The predicted octanol–water partition coefficient (Wildman–Crippen LogP) is 5.30. The molecule has 18 heavy (non-hydrogen) atoms. The number of hydrogen-bond acceptors (Lipinski definition) is 1. The number of rotatable bonds is 7. The molecular formula is C17H35N. The van der Waals surface area contributed by atoms with Crippen molar-refractivity contribution in [3.05, 3.63) is 0 Å². The fourth-order valence-corrected chi connectivity index (χ4v) is 3.20. The highest BCUT2D eigenvalue weighted by molar-refractivity contribution is 4.87. The Kier molecular flexibility index (Phi) is 6.70. The second-order valence-electron chi connectivity index (χ2n) is 7.47. The molecule has 0 unspecified atom stereocenters. The molecule has 1 N–H and O–H groups in total. The van der Waals surface area contributed by atoms with Gasteiger partial charge in [0.05, 0.1) is 0 Å². The lowest BCUT2D eigenvalue weighted by Gasteiger charge is -2.40. The van der Waals surface area contributed by atoms with Gasteiger partial charge in [0.15, 0.2) is 0 Å². The maximum Gasteiger partial charge on any atom is 0.00967 e. The fraction of sp³-hybridized carbons (Fsp3) is 1.00. The molecule has 0 heterocycles. The highest BCUT2D eigenvalue weighted by Crippen LogP contribution is 2.40. The van der Waals surface area contributed by atoms with Crippen molar-refractivity contribution in [1.82, 2.24) is 5.32 Å². The van der Waals surface area contributed by atoms with Gasteiger partial charge in [0.25, 0.3) is 0 Å². The predicted molar refractivity (Wildman–Crippen MR) is 82.0 cm³/mol. The van der Waals surface area contributed by atoms with E-state index < -0.39 is 0 Å².